The van der Waals surface area contributed by atoms with Crippen LogP contribution in [-0.2, 0) is 9.53 Å². The summed E-state index contributed by atoms with van der Waals surface area (Å²) in [5.74, 6) is 0.739. The molecule has 0 aromatic heterocycles. The minimum atomic E-state index is -0.576. The second kappa shape index (κ2) is 5.57. The summed E-state index contributed by atoms with van der Waals surface area (Å²) in [5.41, 5.74) is -0.576. The number of carbonyl (C=O) groups excluding carboxylic acids is 1. The Morgan fingerprint density at radius 3 is 2.50 bits per heavy atom. The van der Waals surface area contributed by atoms with Gasteiger partial charge in [-0.25, -0.2) is 0 Å². The van der Waals surface area contributed by atoms with Gasteiger partial charge in [-0.15, -0.1) is 0 Å². The van der Waals surface area contributed by atoms with Crippen LogP contribution >= 0.6 is 0 Å². The highest BCUT2D eigenvalue weighted by Gasteiger charge is 2.41. The molecular weight excluding hydrogens is 228 g/mol. The lowest BCUT2D eigenvalue weighted by Crippen LogP contribution is -2.57. The van der Waals surface area contributed by atoms with Gasteiger partial charge in [0.25, 0.3) is 0 Å². The van der Waals surface area contributed by atoms with E-state index in [1.165, 1.54) is 25.7 Å². The van der Waals surface area contributed by atoms with Crippen molar-refractivity contribution in [1.82, 2.24) is 10.2 Å². The third kappa shape index (κ3) is 3.45. The van der Waals surface area contributed by atoms with Crippen LogP contribution < -0.4 is 5.32 Å². The van der Waals surface area contributed by atoms with E-state index in [4.69, 9.17) is 4.74 Å². The Labute approximate surface area is 110 Å². The zero-order chi connectivity index (χ0) is 13.2. The van der Waals surface area contributed by atoms with E-state index in [0.717, 1.165) is 19.0 Å². The Hall–Kier alpha value is -0.610. The molecule has 0 radical (unpaired) electrons. The monoisotopic (exact) mass is 254 g/mol. The molecule has 1 atom stereocenters. The first-order valence-electron chi connectivity index (χ1n) is 7.19. The van der Waals surface area contributed by atoms with Crippen molar-refractivity contribution in [1.29, 1.82) is 0 Å². The van der Waals surface area contributed by atoms with Crippen LogP contribution in [0.3, 0.4) is 0 Å². The topological polar surface area (TPSA) is 41.6 Å². The molecule has 0 aromatic rings. The van der Waals surface area contributed by atoms with E-state index in [1.807, 2.05) is 20.9 Å². The van der Waals surface area contributed by atoms with Gasteiger partial charge >= 0.3 is 5.97 Å². The molecule has 104 valence electrons. The van der Waals surface area contributed by atoms with Gasteiger partial charge in [0.15, 0.2) is 0 Å². The maximum Gasteiger partial charge on any atom is 0.327 e. The number of carbonyl (C=O) groups is 1. The number of likely N-dealkylation sites (N-methyl/N-ethyl adjacent to an activating group) is 1. The normalized spacial score (nSPS) is 22.9. The SMILES string of the molecule is CCOC(=O)C(C)(CN(CC1CC1)C1CC1)NC. The van der Waals surface area contributed by atoms with Gasteiger partial charge in [0.2, 0.25) is 0 Å². The number of rotatable bonds is 8. The van der Waals surface area contributed by atoms with Crippen molar-refractivity contribution in [2.24, 2.45) is 5.92 Å². The molecule has 1 N–H and O–H groups in total. The number of nitrogens with zero attached hydrogens (tertiary/aromatic N) is 1. The average Bonchev–Trinajstić information content (AvgIpc) is 3.20. The van der Waals surface area contributed by atoms with Crippen LogP contribution in [0.5, 0.6) is 0 Å². The summed E-state index contributed by atoms with van der Waals surface area (Å²) in [4.78, 5) is 14.6. The van der Waals surface area contributed by atoms with Gasteiger partial charge in [0.05, 0.1) is 6.61 Å². The molecule has 4 nitrogen and oxygen atoms in total. The highest BCUT2D eigenvalue weighted by Crippen LogP contribution is 2.35. The molecule has 0 saturated heterocycles. The van der Waals surface area contributed by atoms with Gasteiger partial charge in [-0.3, -0.25) is 9.69 Å². The summed E-state index contributed by atoms with van der Waals surface area (Å²) in [6.45, 7) is 6.18. The highest BCUT2D eigenvalue weighted by atomic mass is 16.5. The van der Waals surface area contributed by atoms with Gasteiger partial charge in [-0.05, 0) is 52.5 Å². The summed E-state index contributed by atoms with van der Waals surface area (Å²) in [6, 6.07) is 0.702. The third-order valence-corrected chi connectivity index (χ3v) is 4.05. The fraction of sp³-hybridized carbons (Fsp3) is 0.929. The second-order valence-corrected chi connectivity index (χ2v) is 5.91. The predicted molar refractivity (Wildman–Crippen MR) is 71.4 cm³/mol. The molecule has 2 aliphatic carbocycles. The summed E-state index contributed by atoms with van der Waals surface area (Å²) >= 11 is 0. The highest BCUT2D eigenvalue weighted by molar-refractivity contribution is 5.80. The summed E-state index contributed by atoms with van der Waals surface area (Å²) < 4.78 is 5.19. The van der Waals surface area contributed by atoms with Crippen molar-refractivity contribution in [3.8, 4) is 0 Å². The van der Waals surface area contributed by atoms with Crippen LogP contribution in [0.2, 0.25) is 0 Å². The molecule has 1 unspecified atom stereocenters. The molecule has 0 aliphatic heterocycles. The zero-order valence-corrected chi connectivity index (χ0v) is 11.9. The smallest absolute Gasteiger partial charge is 0.327 e. The van der Waals surface area contributed by atoms with Crippen molar-refractivity contribution < 1.29 is 9.53 Å². The lowest BCUT2D eigenvalue weighted by Gasteiger charge is -2.33. The molecule has 18 heavy (non-hydrogen) atoms. The number of nitrogens with one attached hydrogen (secondary N) is 1. The van der Waals surface area contributed by atoms with Crippen molar-refractivity contribution in [3.63, 3.8) is 0 Å². The molecule has 2 saturated carbocycles. The minimum absolute atomic E-state index is 0.131. The fourth-order valence-corrected chi connectivity index (χ4v) is 2.36. The maximum absolute atomic E-state index is 12.1. The number of hydrogen-bond acceptors (Lipinski definition) is 4. The molecular formula is C14H26N2O2. The Kier molecular flexibility index (Phi) is 4.28. The molecule has 0 amide bonds. The van der Waals surface area contributed by atoms with Crippen LogP contribution in [0.15, 0.2) is 0 Å². The lowest BCUT2D eigenvalue weighted by molar-refractivity contribution is -0.151. The van der Waals surface area contributed by atoms with Crippen LogP contribution in [0.1, 0.15) is 39.5 Å². The third-order valence-electron chi connectivity index (χ3n) is 4.05. The first kappa shape index (κ1) is 13.8. The van der Waals surface area contributed by atoms with E-state index < -0.39 is 5.54 Å². The molecule has 4 heteroatoms. The largest absolute Gasteiger partial charge is 0.465 e. The Bertz CT molecular complexity index is 300. The minimum Gasteiger partial charge on any atom is -0.465 e. The van der Waals surface area contributed by atoms with E-state index >= 15 is 0 Å². The van der Waals surface area contributed by atoms with Gasteiger partial charge < -0.3 is 10.1 Å². The van der Waals surface area contributed by atoms with Gasteiger partial charge in [0.1, 0.15) is 5.54 Å². The van der Waals surface area contributed by atoms with E-state index in [-0.39, 0.29) is 5.97 Å². The molecule has 2 rings (SSSR count). The van der Waals surface area contributed by atoms with E-state index in [1.54, 1.807) is 0 Å². The van der Waals surface area contributed by atoms with E-state index in [0.29, 0.717) is 12.6 Å². The van der Waals surface area contributed by atoms with Crippen molar-refractivity contribution in [2.45, 2.75) is 51.1 Å². The molecule has 0 bridgehead atoms. The predicted octanol–water partition coefficient (Wildman–Crippen LogP) is 1.40. The zero-order valence-electron chi connectivity index (χ0n) is 11.9. The van der Waals surface area contributed by atoms with Crippen LogP contribution in [0.4, 0.5) is 0 Å². The first-order chi connectivity index (χ1) is 8.59. The average molecular weight is 254 g/mol. The Balaban J connectivity index is 1.94. The van der Waals surface area contributed by atoms with Crippen LogP contribution in [-0.4, -0.2) is 49.2 Å². The number of ether oxygens (including phenoxy) is 1. The van der Waals surface area contributed by atoms with E-state index in [2.05, 4.69) is 10.2 Å². The lowest BCUT2D eigenvalue weighted by atomic mass is 10.0. The quantitative estimate of drug-likeness (QED) is 0.665. The van der Waals surface area contributed by atoms with Crippen molar-refractivity contribution in [2.75, 3.05) is 26.7 Å². The molecule has 0 aromatic carbocycles. The molecule has 0 heterocycles. The van der Waals surface area contributed by atoms with Gasteiger partial charge in [-0.2, -0.15) is 0 Å². The Morgan fingerprint density at radius 1 is 1.39 bits per heavy atom. The summed E-state index contributed by atoms with van der Waals surface area (Å²) in [7, 11) is 1.85. The maximum atomic E-state index is 12.1. The fourth-order valence-electron chi connectivity index (χ4n) is 2.36. The molecule has 2 aliphatic rings. The van der Waals surface area contributed by atoms with Gasteiger partial charge in [0, 0.05) is 19.1 Å². The number of hydrogen-bond donors (Lipinski definition) is 1. The summed E-state index contributed by atoms with van der Waals surface area (Å²) in [5, 5.41) is 3.15. The second-order valence-electron chi connectivity index (χ2n) is 5.91. The Morgan fingerprint density at radius 2 is 2.06 bits per heavy atom. The summed E-state index contributed by atoms with van der Waals surface area (Å²) in [6.07, 6.45) is 5.29. The standard InChI is InChI=1S/C14H26N2O2/c1-4-18-13(17)14(2,15-3)10-16(12-7-8-12)9-11-5-6-11/h11-12,15H,4-10H2,1-3H3. The molecule has 0 spiro atoms. The number of esters is 1. The van der Waals surface area contributed by atoms with Crippen molar-refractivity contribution in [3.05, 3.63) is 0 Å². The van der Waals surface area contributed by atoms with Gasteiger partial charge in [-0.1, -0.05) is 0 Å². The van der Waals surface area contributed by atoms with Crippen LogP contribution in [0, 0.1) is 5.92 Å². The van der Waals surface area contributed by atoms with Crippen LogP contribution in [0.25, 0.3) is 0 Å². The van der Waals surface area contributed by atoms with Crippen molar-refractivity contribution >= 4 is 5.97 Å². The first-order valence-corrected chi connectivity index (χ1v) is 7.19. The van der Waals surface area contributed by atoms with E-state index in [9.17, 15) is 4.79 Å². The molecule has 2 fully saturated rings.